The van der Waals surface area contributed by atoms with E-state index in [0.717, 1.165) is 38.1 Å². The Morgan fingerprint density at radius 2 is 0.963 bits per heavy atom. The third-order valence-corrected chi connectivity index (χ3v) is 11.6. The summed E-state index contributed by atoms with van der Waals surface area (Å²) in [5, 5.41) is 7.31. The second-order valence-electron chi connectivity index (χ2n) is 13.7. The molecule has 3 heterocycles. The summed E-state index contributed by atoms with van der Waals surface area (Å²) in [7, 11) is 0. The van der Waals surface area contributed by atoms with E-state index in [-0.39, 0.29) is 0 Å². The average molecular weight is 707 g/mol. The van der Waals surface area contributed by atoms with Gasteiger partial charge in [-0.15, -0.1) is 11.3 Å². The second kappa shape index (κ2) is 12.3. The molecule has 5 heteroatoms. The number of hydrogen-bond acceptors (Lipinski definition) is 4. The van der Waals surface area contributed by atoms with Gasteiger partial charge in [0.25, 0.3) is 0 Å². The molecule has 0 N–H and O–H groups in total. The zero-order chi connectivity index (χ0) is 35.6. The van der Waals surface area contributed by atoms with E-state index in [4.69, 9.17) is 15.0 Å². The Kier molecular flexibility index (Phi) is 7.00. The van der Waals surface area contributed by atoms with Crippen LogP contribution in [0.2, 0.25) is 0 Å². The van der Waals surface area contributed by atoms with Gasteiger partial charge in [0, 0.05) is 53.3 Å². The molecule has 0 aliphatic heterocycles. The fraction of sp³-hybridized carbons (Fsp3) is 0. The molecule has 0 unspecified atom stereocenters. The highest BCUT2D eigenvalue weighted by Gasteiger charge is 2.21. The van der Waals surface area contributed by atoms with Crippen LogP contribution in [-0.2, 0) is 0 Å². The summed E-state index contributed by atoms with van der Waals surface area (Å²) in [6.07, 6.45) is 0. The molecule has 11 rings (SSSR count). The molecule has 0 bridgehead atoms. The van der Waals surface area contributed by atoms with Crippen LogP contribution >= 0.6 is 11.3 Å². The predicted molar refractivity (Wildman–Crippen MR) is 226 cm³/mol. The first-order valence-corrected chi connectivity index (χ1v) is 18.9. The van der Waals surface area contributed by atoms with E-state index in [1.165, 1.54) is 48.1 Å². The van der Waals surface area contributed by atoms with Gasteiger partial charge in [-0.2, -0.15) is 0 Å². The van der Waals surface area contributed by atoms with Crippen LogP contribution in [0.25, 0.3) is 104 Å². The van der Waals surface area contributed by atoms with Crippen LogP contribution in [0.3, 0.4) is 0 Å². The summed E-state index contributed by atoms with van der Waals surface area (Å²) >= 11 is 1.79. The van der Waals surface area contributed by atoms with Gasteiger partial charge < -0.3 is 4.57 Å². The van der Waals surface area contributed by atoms with Crippen molar-refractivity contribution in [2.45, 2.75) is 0 Å². The number of benzene rings is 8. The minimum Gasteiger partial charge on any atom is -0.309 e. The number of rotatable bonds is 5. The Balaban J connectivity index is 1.21. The number of hydrogen-bond donors (Lipinski definition) is 0. The molecule has 0 fully saturated rings. The molecule has 0 saturated carbocycles. The molecule has 252 valence electrons. The lowest BCUT2D eigenvalue weighted by Crippen LogP contribution is -2.01. The summed E-state index contributed by atoms with van der Waals surface area (Å²) in [4.78, 5) is 15.5. The van der Waals surface area contributed by atoms with Gasteiger partial charge in [0.1, 0.15) is 0 Å². The van der Waals surface area contributed by atoms with Gasteiger partial charge in [0.05, 0.1) is 11.0 Å². The van der Waals surface area contributed by atoms with Crippen molar-refractivity contribution < 1.29 is 0 Å². The molecule has 0 radical (unpaired) electrons. The maximum atomic E-state index is 5.22. The first kappa shape index (κ1) is 30.7. The van der Waals surface area contributed by atoms with Crippen LogP contribution < -0.4 is 0 Å². The topological polar surface area (TPSA) is 43.6 Å². The number of thiophene rings is 1. The lowest BCUT2D eigenvalue weighted by atomic mass is 10.00. The molecule has 0 aliphatic carbocycles. The molecule has 11 aromatic rings. The van der Waals surface area contributed by atoms with Crippen molar-refractivity contribution in [3.8, 4) is 51.0 Å². The van der Waals surface area contributed by atoms with E-state index < -0.39 is 0 Å². The van der Waals surface area contributed by atoms with E-state index in [9.17, 15) is 0 Å². The van der Waals surface area contributed by atoms with Crippen LogP contribution in [0.5, 0.6) is 0 Å². The summed E-state index contributed by atoms with van der Waals surface area (Å²) in [5.41, 5.74) is 8.62. The molecule has 0 saturated heterocycles. The molecular weight excluding hydrogens is 677 g/mol. The molecule has 3 aromatic heterocycles. The number of nitrogens with zero attached hydrogens (tertiary/aromatic N) is 4. The predicted octanol–water partition coefficient (Wildman–Crippen LogP) is 13.2. The van der Waals surface area contributed by atoms with Crippen molar-refractivity contribution in [1.29, 1.82) is 0 Å². The van der Waals surface area contributed by atoms with E-state index in [1.807, 2.05) is 36.4 Å². The summed E-state index contributed by atoms with van der Waals surface area (Å²) in [5.74, 6) is 1.95. The first-order chi connectivity index (χ1) is 26.7. The lowest BCUT2D eigenvalue weighted by molar-refractivity contribution is 1.07. The standard InChI is InChI=1S/C49H30N4S/c1-3-14-32(15-4-1)47-50-48(33-16-5-2-6-17-33)52-49(51-47)42-30-37(29-41-40-20-10-12-22-45(40)54-46(41)42)53-43-21-11-9-19-38(43)39-26-25-36(28-44(39)53)35-24-23-31-13-7-8-18-34(31)27-35/h1-30H. The van der Waals surface area contributed by atoms with Crippen LogP contribution in [0, 0.1) is 0 Å². The van der Waals surface area contributed by atoms with E-state index in [2.05, 4.69) is 150 Å². The van der Waals surface area contributed by atoms with E-state index in [1.54, 1.807) is 11.3 Å². The molecule has 0 spiro atoms. The average Bonchev–Trinajstić information content (AvgIpc) is 3.79. The lowest BCUT2D eigenvalue weighted by Gasteiger charge is -2.13. The fourth-order valence-electron chi connectivity index (χ4n) is 7.83. The molecule has 0 aliphatic rings. The molecular formula is C49H30N4S. The second-order valence-corrected chi connectivity index (χ2v) is 14.7. The van der Waals surface area contributed by atoms with Crippen molar-refractivity contribution in [2.24, 2.45) is 0 Å². The Bertz CT molecular complexity index is 3160. The zero-order valence-electron chi connectivity index (χ0n) is 29.0. The maximum Gasteiger partial charge on any atom is 0.165 e. The number of aromatic nitrogens is 4. The first-order valence-electron chi connectivity index (χ1n) is 18.1. The van der Waals surface area contributed by atoms with Crippen molar-refractivity contribution in [1.82, 2.24) is 19.5 Å². The van der Waals surface area contributed by atoms with Crippen molar-refractivity contribution in [2.75, 3.05) is 0 Å². The summed E-state index contributed by atoms with van der Waals surface area (Å²) in [6.45, 7) is 0. The molecule has 54 heavy (non-hydrogen) atoms. The minimum atomic E-state index is 0.649. The maximum absolute atomic E-state index is 5.22. The van der Waals surface area contributed by atoms with Gasteiger partial charge >= 0.3 is 0 Å². The van der Waals surface area contributed by atoms with Crippen molar-refractivity contribution in [3.05, 3.63) is 182 Å². The third-order valence-electron chi connectivity index (χ3n) is 10.4. The number of fused-ring (bicyclic) bond motifs is 7. The van der Waals surface area contributed by atoms with E-state index >= 15 is 0 Å². The van der Waals surface area contributed by atoms with Crippen molar-refractivity contribution >= 4 is 64.1 Å². The Morgan fingerprint density at radius 3 is 1.74 bits per heavy atom. The quantitative estimate of drug-likeness (QED) is 0.179. The Labute approximate surface area is 315 Å². The smallest absolute Gasteiger partial charge is 0.165 e. The van der Waals surface area contributed by atoms with Gasteiger partial charge in [0.2, 0.25) is 0 Å². The summed E-state index contributed by atoms with van der Waals surface area (Å²) in [6, 6.07) is 64.6. The third kappa shape index (κ3) is 5.01. The monoisotopic (exact) mass is 706 g/mol. The zero-order valence-corrected chi connectivity index (χ0v) is 29.8. The van der Waals surface area contributed by atoms with Crippen LogP contribution in [0.1, 0.15) is 0 Å². The van der Waals surface area contributed by atoms with Crippen LogP contribution in [0.4, 0.5) is 0 Å². The van der Waals surface area contributed by atoms with Gasteiger partial charge in [-0.05, 0) is 58.3 Å². The SMILES string of the molecule is c1ccc(-c2nc(-c3ccccc3)nc(-c3cc(-n4c5ccccc5c5ccc(-c6ccc7ccccc7c6)cc54)cc4c3sc3ccccc34)n2)cc1. The largest absolute Gasteiger partial charge is 0.309 e. The highest BCUT2D eigenvalue weighted by atomic mass is 32.1. The van der Waals surface area contributed by atoms with Gasteiger partial charge in [-0.1, -0.05) is 146 Å². The molecule has 4 nitrogen and oxygen atoms in total. The van der Waals surface area contributed by atoms with Gasteiger partial charge in [-0.3, -0.25) is 0 Å². The Hall–Kier alpha value is -6.95. The fourth-order valence-corrected chi connectivity index (χ4v) is 9.03. The highest BCUT2D eigenvalue weighted by molar-refractivity contribution is 7.26. The minimum absolute atomic E-state index is 0.649. The molecule has 0 atom stereocenters. The van der Waals surface area contributed by atoms with Crippen LogP contribution in [0.15, 0.2) is 182 Å². The van der Waals surface area contributed by atoms with Gasteiger partial charge in [0.15, 0.2) is 17.5 Å². The Morgan fingerprint density at radius 1 is 0.370 bits per heavy atom. The van der Waals surface area contributed by atoms with Crippen molar-refractivity contribution in [3.63, 3.8) is 0 Å². The summed E-state index contributed by atoms with van der Waals surface area (Å²) < 4.78 is 4.80. The van der Waals surface area contributed by atoms with E-state index in [0.29, 0.717) is 17.5 Å². The van der Waals surface area contributed by atoms with Gasteiger partial charge in [-0.25, -0.2) is 15.0 Å². The normalized spacial score (nSPS) is 11.7. The number of para-hydroxylation sites is 1. The van der Waals surface area contributed by atoms with Crippen LogP contribution in [-0.4, -0.2) is 19.5 Å². The molecule has 0 amide bonds. The highest BCUT2D eigenvalue weighted by Crippen LogP contribution is 2.43. The molecule has 8 aromatic carbocycles.